The predicted molar refractivity (Wildman–Crippen MR) is 466 cm³/mol. The topological polar surface area (TPSA) is 430 Å². The Bertz CT molecular complexity index is 4020. The smallest absolute Gasteiger partial charge is 0.870 e. The molecule has 0 bridgehead atoms. The van der Waals surface area contributed by atoms with E-state index in [0.29, 0.717) is 81.0 Å². The minimum atomic E-state index is -3.91. The molecule has 4 aromatic rings. The molecule has 38 heteroatoms. The Morgan fingerprint density at radius 3 is 1.10 bits per heavy atom. The van der Waals surface area contributed by atoms with Gasteiger partial charge in [0.2, 0.25) is 40.1 Å². The standard InChI is InChI=1S/C19H31NO5S2.C19H29NO4S2.C18H28N2O5S2.C18H27NO5S2.C5H11NO2S.Na.H2O/c1-5-6-13-25-16-8-10-17(11-9-16)27(23,24)20-18(15(2)22)19(3,4)26-14-7-12-21;1-5-6-13-24-16-8-10-17(11-9-16)26(22,23)20-12-7-14-25-19(3,4)18(20)15(2)21;1-4-5-12-25-14-7-9-15(10-8-14)27(23,24)20-11-6-13-26-18(2,3)16(20)17(21)19-22;1-4-5-12-24-14-7-9-15(10-8-14)26(22,23)19-11-6-13-25-18(2,3)16(19)17(20)21;1-5(2,9)3(6)4(7)8;;/h8-11,18,20-21H,5-7,12-14H2,1-4H3;8-11,18H,5-7,12-14H2,1-4H3;7-10,16,22H,4-6,11-13H2,1-3H3,(H,19,21);7-10,16H,4-6,11-13H2,1-3H3,(H,20,21);3,9H,6H2,1-2H3,(H,7,8);;1H2/q;;;;;+1;/p-1/t2*18-;2*16-;3-;;/m00000../s1. The van der Waals surface area contributed by atoms with Gasteiger partial charge in [0.1, 0.15) is 52.7 Å². The van der Waals surface area contributed by atoms with Crippen LogP contribution in [0.3, 0.4) is 0 Å². The maximum absolute atomic E-state index is 13.2. The quantitative estimate of drug-likeness (QED) is 0.00690. The van der Waals surface area contributed by atoms with E-state index in [1.807, 2.05) is 41.5 Å². The molecule has 3 fully saturated rings. The van der Waals surface area contributed by atoms with Gasteiger partial charge in [-0.15, -0.1) is 0 Å². The van der Waals surface area contributed by atoms with E-state index in [1.165, 1.54) is 94.1 Å². The Morgan fingerprint density at radius 2 is 0.838 bits per heavy atom. The number of nitrogens with two attached hydrogens (primary N) is 1. The van der Waals surface area contributed by atoms with E-state index in [0.717, 1.165) is 79.4 Å². The number of nitrogens with one attached hydrogen (secondary N) is 2. The van der Waals surface area contributed by atoms with Gasteiger partial charge in [-0.25, -0.2) is 39.2 Å². The number of amides is 1. The number of aliphatic hydroxyl groups is 1. The number of hydroxylamine groups is 1. The van der Waals surface area contributed by atoms with Crippen molar-refractivity contribution in [2.45, 2.75) is 261 Å². The third-order valence-electron chi connectivity index (χ3n) is 18.5. The van der Waals surface area contributed by atoms with E-state index in [2.05, 4.69) is 45.0 Å². The number of benzene rings is 4. The van der Waals surface area contributed by atoms with E-state index < -0.39 is 112 Å². The Balaban J connectivity index is 0.000000748. The molecule has 5 atom stereocenters. The summed E-state index contributed by atoms with van der Waals surface area (Å²) in [7, 11) is -15.4. The van der Waals surface area contributed by atoms with Crippen LogP contribution in [0.4, 0.5) is 0 Å². The van der Waals surface area contributed by atoms with Crippen LogP contribution in [0.1, 0.15) is 188 Å². The van der Waals surface area contributed by atoms with Crippen LogP contribution in [0, 0.1) is 0 Å². The van der Waals surface area contributed by atoms with Crippen molar-refractivity contribution in [1.82, 2.24) is 23.1 Å². The van der Waals surface area contributed by atoms with Crippen LogP contribution in [-0.4, -0.2) is 232 Å². The summed E-state index contributed by atoms with van der Waals surface area (Å²) < 4.78 is 130. The molecule has 0 radical (unpaired) electrons. The van der Waals surface area contributed by atoms with Crippen molar-refractivity contribution in [3.8, 4) is 23.0 Å². The van der Waals surface area contributed by atoms with Crippen LogP contribution in [0.25, 0.3) is 0 Å². The van der Waals surface area contributed by atoms with Gasteiger partial charge >= 0.3 is 41.5 Å². The summed E-state index contributed by atoms with van der Waals surface area (Å²) in [6, 6.07) is 20.6. The number of aliphatic hydroxyl groups excluding tert-OH is 1. The Kier molecular flexibility index (Phi) is 49.3. The number of unbranched alkanes of at least 4 members (excludes halogenated alkanes) is 4. The van der Waals surface area contributed by atoms with Crippen molar-refractivity contribution in [3.63, 3.8) is 0 Å². The maximum Gasteiger partial charge on any atom is 1.00 e. The van der Waals surface area contributed by atoms with Crippen LogP contribution in [0.5, 0.6) is 23.0 Å². The zero-order valence-electron chi connectivity index (χ0n) is 70.9. The fraction of sp³-hybridized carbons (Fsp3) is 0.633. The number of hydrogen-bond donors (Lipinski definition) is 8. The summed E-state index contributed by atoms with van der Waals surface area (Å²) in [4.78, 5) is 59.3. The normalized spacial score (nSPS) is 18.4. The van der Waals surface area contributed by atoms with Crippen molar-refractivity contribution in [3.05, 3.63) is 97.1 Å². The van der Waals surface area contributed by atoms with E-state index in [4.69, 9.17) is 40.1 Å². The van der Waals surface area contributed by atoms with Gasteiger partial charge in [0.15, 0.2) is 0 Å². The molecule has 28 nitrogen and oxygen atoms in total. The molecule has 0 spiro atoms. The second-order valence-electron chi connectivity index (χ2n) is 30.3. The van der Waals surface area contributed by atoms with Gasteiger partial charge in [0, 0.05) is 50.0 Å². The van der Waals surface area contributed by atoms with E-state index in [9.17, 15) is 62.8 Å². The van der Waals surface area contributed by atoms with Crippen molar-refractivity contribution in [1.29, 1.82) is 0 Å². The summed E-state index contributed by atoms with van der Waals surface area (Å²) in [5.74, 6) is 2.21. The Labute approximate surface area is 740 Å². The first-order valence-electron chi connectivity index (χ1n) is 38.7. The number of carboxylic acids is 2. The molecule has 117 heavy (non-hydrogen) atoms. The third-order valence-corrected chi connectivity index (χ3v) is 31.7. The van der Waals surface area contributed by atoms with Crippen LogP contribution in [0.15, 0.2) is 117 Å². The number of aliphatic carboxylic acids is 2. The molecule has 3 saturated heterocycles. The van der Waals surface area contributed by atoms with Crippen molar-refractivity contribution < 1.29 is 132 Å². The minimum absolute atomic E-state index is 0. The van der Waals surface area contributed by atoms with Gasteiger partial charge in [-0.2, -0.15) is 77.3 Å². The minimum Gasteiger partial charge on any atom is -0.870 e. The average Bonchev–Trinajstić information content (AvgIpc) is 1.77. The number of Topliss-reactive ketones (excluding diaryl/α,β-unsaturated/α-hetero) is 2. The number of nitrogens with zero attached hydrogens (tertiary/aromatic N) is 3. The largest absolute Gasteiger partial charge is 1.00 e. The molecule has 3 heterocycles. The second-order valence-corrected chi connectivity index (χ2v) is 45.8. The molecule has 0 unspecified atom stereocenters. The molecule has 660 valence electrons. The molecule has 0 aromatic heterocycles. The summed E-state index contributed by atoms with van der Waals surface area (Å²) >= 11 is 10.1. The fourth-order valence-corrected chi connectivity index (χ4v) is 24.0. The number of thioether (sulfide) groups is 4. The molecule has 1 amide bonds. The monoisotopic (exact) mass is 1820 g/mol. The predicted octanol–water partition coefficient (Wildman–Crippen LogP) is 9.53. The molecule has 4 aromatic carbocycles. The molecule has 3 aliphatic heterocycles. The molecule has 7 rings (SSSR count). The van der Waals surface area contributed by atoms with Gasteiger partial charge in [0.25, 0.3) is 5.91 Å². The first-order chi connectivity index (χ1) is 53.6. The van der Waals surface area contributed by atoms with Gasteiger partial charge in [0.05, 0.1) is 58.1 Å². The van der Waals surface area contributed by atoms with Crippen molar-refractivity contribution in [2.75, 3.05) is 75.7 Å². The number of ketones is 2. The van der Waals surface area contributed by atoms with Crippen molar-refractivity contribution >= 4 is 129 Å². The second kappa shape index (κ2) is 52.0. The molecule has 0 aliphatic carbocycles. The Hall–Kier alpha value is -3.94. The van der Waals surface area contributed by atoms with Crippen LogP contribution < -0.4 is 64.4 Å². The number of sulfonamides is 4. The first-order valence-corrected chi connectivity index (χ1v) is 48.9. The van der Waals surface area contributed by atoms with Gasteiger partial charge in [-0.1, -0.05) is 53.4 Å². The van der Waals surface area contributed by atoms with Crippen LogP contribution in [0.2, 0.25) is 0 Å². The van der Waals surface area contributed by atoms with E-state index in [-0.39, 0.29) is 85.9 Å². The fourth-order valence-electron chi connectivity index (χ4n) is 12.0. The van der Waals surface area contributed by atoms with Crippen LogP contribution >= 0.6 is 59.7 Å². The summed E-state index contributed by atoms with van der Waals surface area (Å²) in [5, 5.41) is 36.1. The number of thiol groups is 1. The molecule has 0 saturated carbocycles. The van der Waals surface area contributed by atoms with E-state index >= 15 is 0 Å². The number of ether oxygens (including phenoxy) is 4. The summed E-state index contributed by atoms with van der Waals surface area (Å²) in [6.07, 6.45) is 10.4. The Morgan fingerprint density at radius 1 is 0.538 bits per heavy atom. The molecule has 3 aliphatic rings. The maximum atomic E-state index is 13.2. The van der Waals surface area contributed by atoms with Crippen molar-refractivity contribution in [2.24, 2.45) is 5.73 Å². The van der Waals surface area contributed by atoms with Gasteiger partial charge < -0.3 is 45.5 Å². The molecule has 9 N–H and O–H groups in total. The van der Waals surface area contributed by atoms with Gasteiger partial charge in [-0.3, -0.25) is 29.2 Å². The first kappa shape index (κ1) is 111. The average molecular weight is 1820 g/mol. The SMILES string of the molecule is CC(C)(S)[C@@H](N)C(=O)O.CCCCOc1ccc(S(=O)(=O)N2CCCSC(C)(C)[C@@H]2C(=O)NO)cc1.CCCCOc1ccc(S(=O)(=O)N2CCCSC(C)(C)[C@@H]2C(=O)O)cc1.CCCCOc1ccc(S(=O)(=O)N2CCCSC(C)(C)[C@@H]2C(C)=O)cc1.CCCCOc1ccc(S(=O)(=O)N[C@@H](C(C)=O)C(C)(C)SCCCO)cc1.[Na+].[OH-]. The number of carboxylic acid groups (broad SMARTS) is 2. The van der Waals surface area contributed by atoms with E-state index in [1.54, 1.807) is 106 Å². The zero-order valence-corrected chi connectivity index (χ0v) is 80.3. The zero-order chi connectivity index (χ0) is 87.0. The number of carbonyl (C=O) groups excluding carboxylic acids is 3. The summed E-state index contributed by atoms with van der Waals surface area (Å²) in [6.45, 7) is 32.4. The number of rotatable bonds is 36. The van der Waals surface area contributed by atoms with Crippen LogP contribution in [-0.2, 0) is 64.1 Å². The number of hydrogen-bond acceptors (Lipinski definition) is 26. The molecular formula is C79H127N6NaO22S9. The summed E-state index contributed by atoms with van der Waals surface area (Å²) in [5.41, 5.74) is 6.85. The number of carbonyl (C=O) groups is 5. The third kappa shape index (κ3) is 35.0. The molecular weight excluding hydrogens is 1700 g/mol. The van der Waals surface area contributed by atoms with Gasteiger partial charge in [-0.05, 0) is 255 Å².